The van der Waals surface area contributed by atoms with Crippen molar-refractivity contribution in [1.82, 2.24) is 0 Å². The van der Waals surface area contributed by atoms with Crippen LogP contribution in [0.3, 0.4) is 0 Å². The molecule has 0 atom stereocenters. The Kier molecular flexibility index (Phi) is 3.29. The average molecular weight is 208 g/mol. The number of hydrogen-bond donors (Lipinski definition) is 0. The molecule has 0 spiro atoms. The first kappa shape index (κ1) is 10.4. The SMILES string of the molecule is O=C1C=CC(=CC=Cc2ccccc2)C=C1. The van der Waals surface area contributed by atoms with Gasteiger partial charge in [-0.3, -0.25) is 4.79 Å². The highest BCUT2D eigenvalue weighted by Gasteiger charge is 1.95. The van der Waals surface area contributed by atoms with Crippen LogP contribution in [0.2, 0.25) is 0 Å². The number of rotatable bonds is 2. The van der Waals surface area contributed by atoms with Crippen molar-refractivity contribution >= 4 is 11.9 Å². The summed E-state index contributed by atoms with van der Waals surface area (Å²) in [6, 6.07) is 10.1. The van der Waals surface area contributed by atoms with Gasteiger partial charge in [-0.15, -0.1) is 0 Å². The highest BCUT2D eigenvalue weighted by molar-refractivity contribution is 6.01. The predicted octanol–water partition coefficient (Wildman–Crippen LogP) is 3.32. The van der Waals surface area contributed by atoms with Crippen molar-refractivity contribution in [2.75, 3.05) is 0 Å². The van der Waals surface area contributed by atoms with E-state index in [9.17, 15) is 4.79 Å². The van der Waals surface area contributed by atoms with Gasteiger partial charge in [-0.25, -0.2) is 0 Å². The van der Waals surface area contributed by atoms with Crippen LogP contribution in [-0.2, 0) is 4.79 Å². The summed E-state index contributed by atoms with van der Waals surface area (Å²) in [5.41, 5.74) is 2.20. The monoisotopic (exact) mass is 208 g/mol. The van der Waals surface area contributed by atoms with Crippen molar-refractivity contribution in [3.8, 4) is 0 Å². The van der Waals surface area contributed by atoms with Crippen LogP contribution in [0.5, 0.6) is 0 Å². The number of ketones is 1. The molecule has 0 saturated heterocycles. The van der Waals surface area contributed by atoms with Gasteiger partial charge in [0.25, 0.3) is 0 Å². The third-order valence-corrected chi connectivity index (χ3v) is 2.26. The smallest absolute Gasteiger partial charge is 0.178 e. The zero-order valence-electron chi connectivity index (χ0n) is 8.84. The highest BCUT2D eigenvalue weighted by Crippen LogP contribution is 2.07. The molecule has 1 heteroatoms. The van der Waals surface area contributed by atoms with Gasteiger partial charge in [0.15, 0.2) is 5.78 Å². The quantitative estimate of drug-likeness (QED) is 0.728. The number of carbonyl (C=O) groups excluding carboxylic acids is 1. The average Bonchev–Trinajstić information content (AvgIpc) is 2.33. The van der Waals surface area contributed by atoms with Crippen molar-refractivity contribution in [2.45, 2.75) is 0 Å². The van der Waals surface area contributed by atoms with E-state index in [4.69, 9.17) is 0 Å². The summed E-state index contributed by atoms with van der Waals surface area (Å²) in [4.78, 5) is 10.9. The van der Waals surface area contributed by atoms with E-state index < -0.39 is 0 Å². The second-order valence-corrected chi connectivity index (χ2v) is 3.51. The lowest BCUT2D eigenvalue weighted by molar-refractivity contribution is -0.110. The van der Waals surface area contributed by atoms with Crippen molar-refractivity contribution in [3.63, 3.8) is 0 Å². The highest BCUT2D eigenvalue weighted by atomic mass is 16.1. The Morgan fingerprint density at radius 2 is 1.56 bits per heavy atom. The zero-order chi connectivity index (χ0) is 11.2. The molecule has 0 saturated carbocycles. The second-order valence-electron chi connectivity index (χ2n) is 3.51. The van der Waals surface area contributed by atoms with Gasteiger partial charge in [0, 0.05) is 0 Å². The molecule has 0 aromatic heterocycles. The summed E-state index contributed by atoms with van der Waals surface area (Å²) >= 11 is 0. The molecule has 78 valence electrons. The van der Waals surface area contributed by atoms with E-state index in [2.05, 4.69) is 0 Å². The molecular formula is C15H12O. The van der Waals surface area contributed by atoms with E-state index in [-0.39, 0.29) is 5.78 Å². The molecule has 0 heterocycles. The Labute approximate surface area is 95.1 Å². The lowest BCUT2D eigenvalue weighted by atomic mass is 10.1. The lowest BCUT2D eigenvalue weighted by Crippen LogP contribution is -1.90. The van der Waals surface area contributed by atoms with E-state index in [1.165, 1.54) is 5.56 Å². The first-order valence-electron chi connectivity index (χ1n) is 5.18. The molecule has 1 aliphatic rings. The minimum absolute atomic E-state index is 0.0455. The molecule has 1 aliphatic carbocycles. The molecule has 1 aromatic carbocycles. The topological polar surface area (TPSA) is 17.1 Å². The van der Waals surface area contributed by atoms with Gasteiger partial charge in [0.05, 0.1) is 0 Å². The normalized spacial score (nSPS) is 14.8. The molecule has 0 N–H and O–H groups in total. The third-order valence-electron chi connectivity index (χ3n) is 2.26. The molecule has 2 rings (SSSR count). The fourth-order valence-corrected chi connectivity index (χ4v) is 1.41. The van der Waals surface area contributed by atoms with Crippen LogP contribution in [0.4, 0.5) is 0 Å². The molecule has 0 bridgehead atoms. The molecule has 0 aliphatic heterocycles. The van der Waals surface area contributed by atoms with E-state index in [0.29, 0.717) is 0 Å². The summed E-state index contributed by atoms with van der Waals surface area (Å²) in [5.74, 6) is 0.0455. The van der Waals surface area contributed by atoms with Gasteiger partial charge >= 0.3 is 0 Å². The van der Waals surface area contributed by atoms with Crippen LogP contribution in [0.25, 0.3) is 6.08 Å². The molecule has 0 amide bonds. The van der Waals surface area contributed by atoms with Crippen LogP contribution in [0.15, 0.2) is 72.4 Å². The molecule has 1 aromatic rings. The predicted molar refractivity (Wildman–Crippen MR) is 66.8 cm³/mol. The van der Waals surface area contributed by atoms with Gasteiger partial charge < -0.3 is 0 Å². The molecule has 0 fully saturated rings. The van der Waals surface area contributed by atoms with E-state index in [1.54, 1.807) is 12.2 Å². The summed E-state index contributed by atoms with van der Waals surface area (Å²) < 4.78 is 0. The fraction of sp³-hybridized carbons (Fsp3) is 0. The Hall–Kier alpha value is -2.15. The van der Waals surface area contributed by atoms with Crippen molar-refractivity contribution in [2.24, 2.45) is 0 Å². The van der Waals surface area contributed by atoms with Crippen LogP contribution < -0.4 is 0 Å². The molecular weight excluding hydrogens is 196 g/mol. The number of allylic oxidation sites excluding steroid dienone is 7. The summed E-state index contributed by atoms with van der Waals surface area (Å²) in [5, 5.41) is 0. The first-order chi connectivity index (χ1) is 7.84. The van der Waals surface area contributed by atoms with Crippen molar-refractivity contribution in [3.05, 3.63) is 77.9 Å². The van der Waals surface area contributed by atoms with E-state index >= 15 is 0 Å². The Balaban J connectivity index is 2.05. The summed E-state index contributed by atoms with van der Waals surface area (Å²) in [7, 11) is 0. The number of benzene rings is 1. The Morgan fingerprint density at radius 1 is 0.875 bits per heavy atom. The van der Waals surface area contributed by atoms with Crippen LogP contribution in [-0.4, -0.2) is 5.78 Å². The number of hydrogen-bond acceptors (Lipinski definition) is 1. The lowest BCUT2D eigenvalue weighted by Gasteiger charge is -1.96. The maximum absolute atomic E-state index is 10.9. The van der Waals surface area contributed by atoms with Gasteiger partial charge in [0.2, 0.25) is 0 Å². The minimum Gasteiger partial charge on any atom is -0.290 e. The van der Waals surface area contributed by atoms with Gasteiger partial charge in [-0.2, -0.15) is 0 Å². The van der Waals surface area contributed by atoms with Crippen molar-refractivity contribution in [1.29, 1.82) is 0 Å². The van der Waals surface area contributed by atoms with E-state index in [1.807, 2.05) is 60.7 Å². The van der Waals surface area contributed by atoms with Gasteiger partial charge in [0.1, 0.15) is 0 Å². The van der Waals surface area contributed by atoms with Crippen molar-refractivity contribution < 1.29 is 4.79 Å². The largest absolute Gasteiger partial charge is 0.290 e. The second kappa shape index (κ2) is 5.08. The minimum atomic E-state index is 0.0455. The van der Waals surface area contributed by atoms with Crippen LogP contribution >= 0.6 is 0 Å². The van der Waals surface area contributed by atoms with Gasteiger partial charge in [-0.1, -0.05) is 60.7 Å². The zero-order valence-corrected chi connectivity index (χ0v) is 8.84. The molecule has 0 radical (unpaired) electrons. The van der Waals surface area contributed by atoms with E-state index in [0.717, 1.165) is 5.57 Å². The molecule has 16 heavy (non-hydrogen) atoms. The van der Waals surface area contributed by atoms with Crippen LogP contribution in [0.1, 0.15) is 5.56 Å². The summed E-state index contributed by atoms with van der Waals surface area (Å²) in [6.07, 6.45) is 12.8. The number of carbonyl (C=O) groups is 1. The first-order valence-corrected chi connectivity index (χ1v) is 5.18. The Bertz CT molecular complexity index is 469. The maximum atomic E-state index is 10.9. The van der Waals surface area contributed by atoms with Crippen LogP contribution in [0, 0.1) is 0 Å². The fourth-order valence-electron chi connectivity index (χ4n) is 1.41. The Morgan fingerprint density at radius 3 is 2.25 bits per heavy atom. The maximum Gasteiger partial charge on any atom is 0.178 e. The molecule has 0 unspecified atom stereocenters. The molecule has 1 nitrogen and oxygen atoms in total. The third kappa shape index (κ3) is 2.92. The standard InChI is InChI=1S/C15H12O/c16-15-11-9-14(10-12-15)8-4-7-13-5-2-1-3-6-13/h1-12H. The summed E-state index contributed by atoms with van der Waals surface area (Å²) in [6.45, 7) is 0. The van der Waals surface area contributed by atoms with Gasteiger partial charge in [-0.05, 0) is 23.3 Å².